The SMILES string of the molecule is CC(C)(C)[Si](OC[C@@H]1C[C@@H](O)[C@@]2(CCCCCO2)O1)(c1ccccc1)c1ccccc1. The Morgan fingerprint density at radius 2 is 1.58 bits per heavy atom. The third-order valence-corrected chi connectivity index (χ3v) is 11.8. The van der Waals surface area contributed by atoms with Gasteiger partial charge in [-0.3, -0.25) is 0 Å². The van der Waals surface area contributed by atoms with E-state index < -0.39 is 20.2 Å². The molecule has 1 N–H and O–H groups in total. The van der Waals surface area contributed by atoms with Crippen molar-refractivity contribution >= 4 is 18.7 Å². The Bertz CT molecular complexity index is 786. The lowest BCUT2D eigenvalue weighted by Crippen LogP contribution is -2.67. The maximum atomic E-state index is 10.8. The number of hydrogen-bond donors (Lipinski definition) is 1. The van der Waals surface area contributed by atoms with E-state index in [4.69, 9.17) is 13.9 Å². The number of aliphatic hydroxyl groups excluding tert-OH is 1. The highest BCUT2D eigenvalue weighted by Crippen LogP contribution is 2.40. The smallest absolute Gasteiger partial charge is 0.261 e. The average molecular weight is 441 g/mol. The Hall–Kier alpha value is -1.50. The molecule has 4 nitrogen and oxygen atoms in total. The third-order valence-electron chi connectivity index (χ3n) is 6.78. The molecule has 0 amide bonds. The van der Waals surface area contributed by atoms with Crippen LogP contribution in [0.3, 0.4) is 0 Å². The van der Waals surface area contributed by atoms with E-state index in [0.29, 0.717) is 19.6 Å². The van der Waals surface area contributed by atoms with Gasteiger partial charge in [0.05, 0.1) is 19.3 Å². The number of hydrogen-bond acceptors (Lipinski definition) is 4. The minimum absolute atomic E-state index is 0.0799. The van der Waals surface area contributed by atoms with Gasteiger partial charge in [-0.05, 0) is 28.3 Å². The standard InChI is InChI=1S/C26H36O4Si/c1-25(2,3)31(22-13-7-4-8-14-22,23-15-9-5-10-16-23)29-20-21-19-24(27)26(30-21)17-11-6-12-18-28-26/h4-5,7-10,13-16,21,24,27H,6,11-12,17-20H2,1-3H3/t21-,24+,26+/m0/s1. The van der Waals surface area contributed by atoms with Gasteiger partial charge in [-0.15, -0.1) is 0 Å². The van der Waals surface area contributed by atoms with Crippen LogP contribution in [-0.4, -0.2) is 44.6 Å². The summed E-state index contributed by atoms with van der Waals surface area (Å²) < 4.78 is 19.4. The summed E-state index contributed by atoms with van der Waals surface area (Å²) in [6.45, 7) is 7.94. The van der Waals surface area contributed by atoms with E-state index in [1.807, 2.05) is 0 Å². The van der Waals surface area contributed by atoms with Gasteiger partial charge in [0.1, 0.15) is 6.10 Å². The van der Waals surface area contributed by atoms with Crippen LogP contribution in [0.25, 0.3) is 0 Å². The number of rotatable bonds is 5. The molecule has 2 aromatic rings. The highest BCUT2D eigenvalue weighted by molar-refractivity contribution is 6.99. The Balaban J connectivity index is 1.63. The molecule has 2 aromatic carbocycles. The highest BCUT2D eigenvalue weighted by Gasteiger charge is 2.53. The van der Waals surface area contributed by atoms with Gasteiger partial charge in [0.2, 0.25) is 0 Å². The first-order chi connectivity index (χ1) is 14.9. The molecule has 0 aliphatic carbocycles. The zero-order valence-electron chi connectivity index (χ0n) is 19.0. The second-order valence-corrected chi connectivity index (χ2v) is 14.2. The predicted octanol–water partition coefficient (Wildman–Crippen LogP) is 4.00. The van der Waals surface area contributed by atoms with Gasteiger partial charge < -0.3 is 19.0 Å². The molecule has 4 rings (SSSR count). The minimum atomic E-state index is -2.61. The van der Waals surface area contributed by atoms with Gasteiger partial charge >= 0.3 is 0 Å². The van der Waals surface area contributed by atoms with Gasteiger partial charge in [0.15, 0.2) is 5.79 Å². The van der Waals surface area contributed by atoms with Gasteiger partial charge in [-0.2, -0.15) is 0 Å². The number of benzene rings is 2. The fourth-order valence-electron chi connectivity index (χ4n) is 5.24. The Kier molecular flexibility index (Phi) is 6.70. The van der Waals surface area contributed by atoms with E-state index in [9.17, 15) is 5.11 Å². The van der Waals surface area contributed by atoms with Crippen molar-refractivity contribution in [1.82, 2.24) is 0 Å². The molecule has 0 bridgehead atoms. The van der Waals surface area contributed by atoms with E-state index in [0.717, 1.165) is 25.7 Å². The lowest BCUT2D eigenvalue weighted by molar-refractivity contribution is -0.259. The molecule has 2 saturated heterocycles. The van der Waals surface area contributed by atoms with Crippen LogP contribution < -0.4 is 10.4 Å². The molecular weight excluding hydrogens is 404 g/mol. The van der Waals surface area contributed by atoms with Gasteiger partial charge in [0, 0.05) is 12.8 Å². The summed E-state index contributed by atoms with van der Waals surface area (Å²) in [5.74, 6) is -0.851. The van der Waals surface area contributed by atoms with Crippen LogP contribution in [0.5, 0.6) is 0 Å². The topological polar surface area (TPSA) is 47.9 Å². The predicted molar refractivity (Wildman–Crippen MR) is 126 cm³/mol. The summed E-state index contributed by atoms with van der Waals surface area (Å²) >= 11 is 0. The van der Waals surface area contributed by atoms with E-state index in [-0.39, 0.29) is 11.1 Å². The first-order valence-electron chi connectivity index (χ1n) is 11.6. The lowest BCUT2D eigenvalue weighted by Gasteiger charge is -2.43. The van der Waals surface area contributed by atoms with E-state index in [1.54, 1.807) is 0 Å². The molecule has 2 fully saturated rings. The second-order valence-electron chi connectivity index (χ2n) is 9.94. The largest absolute Gasteiger partial charge is 0.405 e. The van der Waals surface area contributed by atoms with Crippen LogP contribution in [0.1, 0.15) is 52.9 Å². The fourth-order valence-corrected chi connectivity index (χ4v) is 9.83. The quantitative estimate of drug-likeness (QED) is 0.714. The molecule has 0 radical (unpaired) electrons. The monoisotopic (exact) mass is 440 g/mol. The molecule has 168 valence electrons. The average Bonchev–Trinajstić information content (AvgIpc) is 2.91. The van der Waals surface area contributed by atoms with Crippen LogP contribution in [0, 0.1) is 0 Å². The van der Waals surface area contributed by atoms with Crippen LogP contribution >= 0.6 is 0 Å². The maximum Gasteiger partial charge on any atom is 0.261 e. The van der Waals surface area contributed by atoms with E-state index in [1.165, 1.54) is 10.4 Å². The van der Waals surface area contributed by atoms with Crippen LogP contribution in [-0.2, 0) is 13.9 Å². The van der Waals surface area contributed by atoms with Crippen LogP contribution in [0.15, 0.2) is 60.7 Å². The van der Waals surface area contributed by atoms with Crippen molar-refractivity contribution in [3.8, 4) is 0 Å². The number of ether oxygens (including phenoxy) is 2. The molecule has 0 aromatic heterocycles. The first-order valence-corrected chi connectivity index (χ1v) is 13.5. The van der Waals surface area contributed by atoms with Crippen LogP contribution in [0.4, 0.5) is 0 Å². The van der Waals surface area contributed by atoms with Crippen molar-refractivity contribution in [3.63, 3.8) is 0 Å². The van der Waals surface area contributed by atoms with Crippen molar-refractivity contribution in [2.75, 3.05) is 13.2 Å². The van der Waals surface area contributed by atoms with E-state index >= 15 is 0 Å². The molecule has 0 unspecified atom stereocenters. The van der Waals surface area contributed by atoms with Crippen molar-refractivity contribution in [3.05, 3.63) is 60.7 Å². The lowest BCUT2D eigenvalue weighted by atomic mass is 10.0. The molecule has 5 heteroatoms. The molecule has 31 heavy (non-hydrogen) atoms. The molecular formula is C26H36O4Si. The summed E-state index contributed by atoms with van der Waals surface area (Å²) in [5, 5.41) is 13.3. The number of aliphatic hydroxyl groups is 1. The van der Waals surface area contributed by atoms with Gasteiger partial charge in [-0.1, -0.05) is 87.9 Å². The van der Waals surface area contributed by atoms with Crippen molar-refractivity contribution < 1.29 is 19.0 Å². The first kappa shape index (κ1) is 22.7. The zero-order valence-corrected chi connectivity index (χ0v) is 20.0. The molecule has 0 saturated carbocycles. The molecule has 2 aliphatic heterocycles. The van der Waals surface area contributed by atoms with Crippen molar-refractivity contribution in [2.24, 2.45) is 0 Å². The van der Waals surface area contributed by atoms with Gasteiger partial charge in [0.25, 0.3) is 8.32 Å². The Labute approximate surface area is 187 Å². The molecule has 2 heterocycles. The molecule has 2 aliphatic rings. The zero-order chi connectivity index (χ0) is 22.0. The third kappa shape index (κ3) is 4.39. The minimum Gasteiger partial charge on any atom is -0.405 e. The summed E-state index contributed by atoms with van der Waals surface area (Å²) in [6, 6.07) is 21.3. The fraction of sp³-hybridized carbons (Fsp3) is 0.538. The summed E-state index contributed by atoms with van der Waals surface area (Å²) in [5.41, 5.74) is 0. The van der Waals surface area contributed by atoms with Crippen molar-refractivity contribution in [2.45, 2.75) is 75.9 Å². The Morgan fingerprint density at radius 3 is 2.16 bits per heavy atom. The maximum absolute atomic E-state index is 10.8. The Morgan fingerprint density at radius 1 is 0.968 bits per heavy atom. The molecule has 3 atom stereocenters. The van der Waals surface area contributed by atoms with Gasteiger partial charge in [-0.25, -0.2) is 0 Å². The van der Waals surface area contributed by atoms with Crippen LogP contribution in [0.2, 0.25) is 5.04 Å². The highest BCUT2D eigenvalue weighted by atomic mass is 28.4. The summed E-state index contributed by atoms with van der Waals surface area (Å²) in [6.07, 6.45) is 3.72. The van der Waals surface area contributed by atoms with E-state index in [2.05, 4.69) is 81.4 Å². The molecule has 1 spiro atoms. The van der Waals surface area contributed by atoms with Crippen molar-refractivity contribution in [1.29, 1.82) is 0 Å². The normalized spacial score (nSPS) is 27.4. The summed E-state index contributed by atoms with van der Waals surface area (Å²) in [7, 11) is -2.61. The summed E-state index contributed by atoms with van der Waals surface area (Å²) in [4.78, 5) is 0. The second kappa shape index (κ2) is 9.16.